The minimum atomic E-state index is -2.89. The standard InChI is InChI=1S/C20H25F3N4O2/c1-9-15-12(18(28)25-19(29)27(15)11-2-3-11)6-14(21)16(9)26-7-10-4-5-20(22,23)17(24)13(10)8-26/h6,9-11,13,16-17H,2-5,7-8,24H2,1H3,(H,25,28,29). The highest BCUT2D eigenvalue weighted by molar-refractivity contribution is 5.59. The highest BCUT2D eigenvalue weighted by Gasteiger charge is 2.53. The molecule has 0 radical (unpaired) electrons. The first kappa shape index (κ1) is 19.1. The third kappa shape index (κ3) is 2.84. The van der Waals surface area contributed by atoms with E-state index in [0.717, 1.165) is 12.8 Å². The molecule has 6 nitrogen and oxygen atoms in total. The van der Waals surface area contributed by atoms with Crippen LogP contribution in [-0.4, -0.2) is 45.5 Å². The first-order valence-electron chi connectivity index (χ1n) is 10.3. The summed E-state index contributed by atoms with van der Waals surface area (Å²) in [5.74, 6) is -4.17. The molecule has 5 atom stereocenters. The van der Waals surface area contributed by atoms with Crippen LogP contribution < -0.4 is 17.0 Å². The van der Waals surface area contributed by atoms with Gasteiger partial charge in [0.05, 0.1) is 17.6 Å². The molecule has 3 N–H and O–H groups in total. The quantitative estimate of drug-likeness (QED) is 0.781. The SMILES string of the molecule is CC1c2c(c(=O)[nH]c(=O)n2C2CC2)C=C(F)C1N1CC2CCC(F)(F)C(N)C2C1. The van der Waals surface area contributed by atoms with Gasteiger partial charge in [-0.2, -0.15) is 0 Å². The minimum absolute atomic E-state index is 0.0100. The largest absolute Gasteiger partial charge is 0.328 e. The normalized spacial score (nSPS) is 36.4. The fraction of sp³-hybridized carbons (Fsp3) is 0.700. The first-order chi connectivity index (χ1) is 13.7. The Labute approximate surface area is 165 Å². The van der Waals surface area contributed by atoms with E-state index in [1.807, 2.05) is 11.8 Å². The van der Waals surface area contributed by atoms with Crippen molar-refractivity contribution in [3.05, 3.63) is 37.9 Å². The predicted molar refractivity (Wildman–Crippen MR) is 102 cm³/mol. The first-order valence-corrected chi connectivity index (χ1v) is 10.3. The number of alkyl halides is 2. The van der Waals surface area contributed by atoms with Crippen LogP contribution in [0.5, 0.6) is 0 Å². The molecular weight excluding hydrogens is 385 g/mol. The van der Waals surface area contributed by atoms with E-state index in [4.69, 9.17) is 5.73 Å². The summed E-state index contributed by atoms with van der Waals surface area (Å²) >= 11 is 0. The molecular formula is C20H25F3N4O2. The molecule has 158 valence electrons. The number of H-pyrrole nitrogens is 1. The Hall–Kier alpha value is -1.87. The van der Waals surface area contributed by atoms with E-state index in [1.54, 1.807) is 4.57 Å². The Balaban J connectivity index is 1.52. The summed E-state index contributed by atoms with van der Waals surface area (Å²) in [6.45, 7) is 2.60. The summed E-state index contributed by atoms with van der Waals surface area (Å²) in [6.07, 6.45) is 3.05. The van der Waals surface area contributed by atoms with Gasteiger partial charge in [-0.1, -0.05) is 6.92 Å². The molecule has 29 heavy (non-hydrogen) atoms. The molecule has 5 unspecified atom stereocenters. The number of fused-ring (bicyclic) bond motifs is 2. The van der Waals surface area contributed by atoms with E-state index in [0.29, 0.717) is 25.2 Å². The van der Waals surface area contributed by atoms with Crippen molar-refractivity contribution >= 4 is 6.08 Å². The van der Waals surface area contributed by atoms with Crippen LogP contribution in [0, 0.1) is 11.8 Å². The lowest BCUT2D eigenvalue weighted by Crippen LogP contribution is -2.52. The van der Waals surface area contributed by atoms with Gasteiger partial charge in [0.1, 0.15) is 5.83 Å². The Morgan fingerprint density at radius 3 is 2.62 bits per heavy atom. The van der Waals surface area contributed by atoms with Crippen LogP contribution in [0.2, 0.25) is 0 Å². The molecule has 3 fully saturated rings. The lowest BCUT2D eigenvalue weighted by molar-refractivity contribution is -0.0796. The van der Waals surface area contributed by atoms with E-state index in [9.17, 15) is 18.4 Å². The van der Waals surface area contributed by atoms with Crippen LogP contribution >= 0.6 is 0 Å². The zero-order valence-corrected chi connectivity index (χ0v) is 16.2. The van der Waals surface area contributed by atoms with E-state index in [2.05, 4.69) is 4.98 Å². The number of rotatable bonds is 2. The van der Waals surface area contributed by atoms with Gasteiger partial charge in [-0.25, -0.2) is 18.0 Å². The highest BCUT2D eigenvalue weighted by atomic mass is 19.3. The van der Waals surface area contributed by atoms with Crippen LogP contribution in [0.25, 0.3) is 6.08 Å². The van der Waals surface area contributed by atoms with Crippen LogP contribution in [-0.2, 0) is 0 Å². The monoisotopic (exact) mass is 410 g/mol. The fourth-order valence-electron chi connectivity index (χ4n) is 5.71. The Morgan fingerprint density at radius 2 is 1.93 bits per heavy atom. The van der Waals surface area contributed by atoms with Crippen LogP contribution in [0.15, 0.2) is 15.4 Å². The van der Waals surface area contributed by atoms with Crippen molar-refractivity contribution < 1.29 is 13.2 Å². The van der Waals surface area contributed by atoms with Crippen molar-refractivity contribution in [3.63, 3.8) is 0 Å². The van der Waals surface area contributed by atoms with Crippen molar-refractivity contribution in [2.75, 3.05) is 13.1 Å². The molecule has 4 aliphatic rings. The smallest absolute Gasteiger partial charge is 0.322 e. The predicted octanol–water partition coefficient (Wildman–Crippen LogP) is 1.97. The number of halogens is 3. The summed E-state index contributed by atoms with van der Waals surface area (Å²) in [5.41, 5.74) is 5.57. The molecule has 0 spiro atoms. The van der Waals surface area contributed by atoms with Gasteiger partial charge >= 0.3 is 5.69 Å². The molecule has 0 aromatic carbocycles. The second kappa shape index (κ2) is 6.31. The summed E-state index contributed by atoms with van der Waals surface area (Å²) in [7, 11) is 0. The van der Waals surface area contributed by atoms with Gasteiger partial charge in [0.15, 0.2) is 0 Å². The summed E-state index contributed by atoms with van der Waals surface area (Å²) in [5, 5.41) is 0. The molecule has 9 heteroatoms. The van der Waals surface area contributed by atoms with Gasteiger partial charge in [0.25, 0.3) is 11.5 Å². The van der Waals surface area contributed by atoms with Crippen LogP contribution in [0.1, 0.15) is 55.8 Å². The second-order valence-electron chi connectivity index (χ2n) is 9.13. The van der Waals surface area contributed by atoms with E-state index in [-0.39, 0.29) is 29.9 Å². The van der Waals surface area contributed by atoms with Gasteiger partial charge in [0.2, 0.25) is 0 Å². The number of nitrogens with two attached hydrogens (primary N) is 1. The topological polar surface area (TPSA) is 84.1 Å². The maximum Gasteiger partial charge on any atom is 0.328 e. The average molecular weight is 410 g/mol. The average Bonchev–Trinajstić information content (AvgIpc) is 3.39. The number of hydrogen-bond acceptors (Lipinski definition) is 4. The molecule has 3 aliphatic carbocycles. The third-order valence-electron chi connectivity index (χ3n) is 7.31. The molecule has 1 saturated heterocycles. The molecule has 0 bridgehead atoms. The third-order valence-corrected chi connectivity index (χ3v) is 7.31. The summed E-state index contributed by atoms with van der Waals surface area (Å²) in [6, 6.07) is -1.88. The molecule has 0 amide bonds. The van der Waals surface area contributed by atoms with E-state index >= 15 is 4.39 Å². The van der Waals surface area contributed by atoms with Crippen LogP contribution in [0.3, 0.4) is 0 Å². The van der Waals surface area contributed by atoms with E-state index in [1.165, 1.54) is 6.08 Å². The van der Waals surface area contributed by atoms with Crippen LogP contribution in [0.4, 0.5) is 13.2 Å². The maximum absolute atomic E-state index is 15.2. The van der Waals surface area contributed by atoms with Gasteiger partial charge < -0.3 is 5.73 Å². The maximum atomic E-state index is 15.2. The van der Waals surface area contributed by atoms with Gasteiger partial charge in [0, 0.05) is 37.2 Å². The van der Waals surface area contributed by atoms with Crippen molar-refractivity contribution in [2.24, 2.45) is 17.6 Å². The molecule has 1 aliphatic heterocycles. The van der Waals surface area contributed by atoms with Gasteiger partial charge in [-0.3, -0.25) is 19.2 Å². The number of aromatic nitrogens is 2. The highest BCUT2D eigenvalue weighted by Crippen LogP contribution is 2.47. The number of nitrogens with zero attached hydrogens (tertiary/aromatic N) is 2. The molecule has 1 aromatic heterocycles. The fourth-order valence-corrected chi connectivity index (χ4v) is 5.71. The Kier molecular flexibility index (Phi) is 4.16. The molecule has 2 heterocycles. The summed E-state index contributed by atoms with van der Waals surface area (Å²) < 4.78 is 45.0. The number of aromatic amines is 1. The number of hydrogen-bond donors (Lipinski definition) is 2. The number of nitrogens with one attached hydrogen (secondary N) is 1. The molecule has 5 rings (SSSR count). The second-order valence-corrected chi connectivity index (χ2v) is 9.13. The molecule has 2 saturated carbocycles. The van der Waals surface area contributed by atoms with Crippen molar-refractivity contribution in [2.45, 2.75) is 62.6 Å². The summed E-state index contributed by atoms with van der Waals surface area (Å²) in [4.78, 5) is 29.0. The zero-order valence-electron chi connectivity index (χ0n) is 16.2. The van der Waals surface area contributed by atoms with E-state index < -0.39 is 41.0 Å². The molecule has 1 aromatic rings. The zero-order chi connectivity index (χ0) is 20.7. The lowest BCUT2D eigenvalue weighted by atomic mass is 9.76. The minimum Gasteiger partial charge on any atom is -0.322 e. The van der Waals surface area contributed by atoms with Crippen molar-refractivity contribution in [1.29, 1.82) is 0 Å². The Morgan fingerprint density at radius 1 is 1.21 bits per heavy atom. The van der Waals surface area contributed by atoms with Crippen molar-refractivity contribution in [1.82, 2.24) is 14.5 Å². The lowest BCUT2D eigenvalue weighted by Gasteiger charge is -2.37. The van der Waals surface area contributed by atoms with Crippen molar-refractivity contribution in [3.8, 4) is 0 Å². The Bertz CT molecular complexity index is 996. The van der Waals surface area contributed by atoms with Gasteiger partial charge in [-0.05, 0) is 37.2 Å². The number of likely N-dealkylation sites (tertiary alicyclic amines) is 1. The van der Waals surface area contributed by atoms with Gasteiger partial charge in [-0.15, -0.1) is 0 Å².